The molecule has 11 heteroatoms. The number of morpholine rings is 1. The van der Waals surface area contributed by atoms with E-state index in [0.717, 1.165) is 49.9 Å². The standard InChI is InChI=1S/C29H32FN5O5/c1-32(15-19-6-5-18(13-22(19)30)14-33-16-20(17-33)34-9-11-40-12-10-34)23-4-2-3-21-26(23)29(39)35(28(21)38)24-7-8-25(36)31-27(24)37/h2-6,13,20,24H,7-12,14-17H2,1H3,(H,31,36,37)/t24-/m0/s1. The smallest absolute Gasteiger partial charge is 0.264 e. The molecule has 4 amide bonds. The van der Waals surface area contributed by atoms with Crippen LogP contribution in [-0.4, -0.2) is 96.9 Å². The van der Waals surface area contributed by atoms with E-state index in [0.29, 0.717) is 23.8 Å². The Bertz CT molecular complexity index is 1370. The molecule has 2 aromatic carbocycles. The van der Waals surface area contributed by atoms with Gasteiger partial charge >= 0.3 is 0 Å². The summed E-state index contributed by atoms with van der Waals surface area (Å²) in [6.07, 6.45) is 0.141. The third kappa shape index (κ3) is 4.89. The number of anilines is 1. The lowest BCUT2D eigenvalue weighted by Gasteiger charge is -2.46. The quantitative estimate of drug-likeness (QED) is 0.517. The fourth-order valence-corrected chi connectivity index (χ4v) is 6.08. The predicted octanol–water partition coefficient (Wildman–Crippen LogP) is 1.38. The van der Waals surface area contributed by atoms with Gasteiger partial charge in [-0.25, -0.2) is 4.39 Å². The normalized spacial score (nSPS) is 22.4. The molecule has 6 rings (SSSR count). The molecular formula is C29H32FN5O5. The van der Waals surface area contributed by atoms with Gasteiger partial charge in [0.25, 0.3) is 11.8 Å². The monoisotopic (exact) mass is 549 g/mol. The summed E-state index contributed by atoms with van der Waals surface area (Å²) in [5, 5.41) is 2.21. The minimum Gasteiger partial charge on any atom is -0.379 e. The second-order valence-electron chi connectivity index (χ2n) is 10.9. The molecule has 3 saturated heterocycles. The topological polar surface area (TPSA) is 102 Å². The number of carbonyl (C=O) groups is 4. The van der Waals surface area contributed by atoms with Crippen molar-refractivity contribution in [3.63, 3.8) is 0 Å². The molecule has 4 aliphatic rings. The second kappa shape index (κ2) is 10.7. The number of likely N-dealkylation sites (tertiary alicyclic amines) is 1. The number of imide groups is 2. The zero-order valence-corrected chi connectivity index (χ0v) is 22.4. The summed E-state index contributed by atoms with van der Waals surface area (Å²) >= 11 is 0. The molecule has 210 valence electrons. The highest BCUT2D eigenvalue weighted by atomic mass is 19.1. The Morgan fingerprint density at radius 3 is 2.55 bits per heavy atom. The Kier molecular flexibility index (Phi) is 7.11. The minimum absolute atomic E-state index is 0.0536. The van der Waals surface area contributed by atoms with E-state index in [1.54, 1.807) is 42.3 Å². The van der Waals surface area contributed by atoms with Crippen LogP contribution in [0.25, 0.3) is 0 Å². The number of hydrogen-bond acceptors (Lipinski definition) is 8. The molecule has 4 aliphatic heterocycles. The summed E-state index contributed by atoms with van der Waals surface area (Å²) in [5.74, 6) is -2.55. The van der Waals surface area contributed by atoms with Gasteiger partial charge in [-0.1, -0.05) is 18.2 Å². The van der Waals surface area contributed by atoms with Gasteiger partial charge in [0.05, 0.1) is 30.0 Å². The minimum atomic E-state index is -1.04. The van der Waals surface area contributed by atoms with E-state index >= 15 is 4.39 Å². The Morgan fingerprint density at radius 1 is 1.05 bits per heavy atom. The van der Waals surface area contributed by atoms with E-state index in [2.05, 4.69) is 15.1 Å². The molecule has 2 aromatic rings. The number of ether oxygens (including phenoxy) is 1. The SMILES string of the molecule is CN(Cc1ccc(CN2CC(N3CCOCC3)C2)cc1F)c1cccc2c1C(=O)N([C@H]1CCC(=O)NC1=O)C2=O. The van der Waals surface area contributed by atoms with Crippen LogP contribution in [0.1, 0.15) is 44.7 Å². The van der Waals surface area contributed by atoms with Crippen LogP contribution in [0.4, 0.5) is 10.1 Å². The molecule has 0 aromatic heterocycles. The Morgan fingerprint density at radius 2 is 1.82 bits per heavy atom. The maximum absolute atomic E-state index is 15.2. The first-order valence-corrected chi connectivity index (χ1v) is 13.7. The highest BCUT2D eigenvalue weighted by Gasteiger charge is 2.46. The molecule has 0 radical (unpaired) electrons. The number of nitrogens with one attached hydrogen (secondary N) is 1. The largest absolute Gasteiger partial charge is 0.379 e. The first-order valence-electron chi connectivity index (χ1n) is 13.7. The van der Waals surface area contributed by atoms with Crippen molar-refractivity contribution in [2.45, 2.75) is 38.0 Å². The fraction of sp³-hybridized carbons (Fsp3) is 0.448. The number of piperidine rings is 1. The summed E-state index contributed by atoms with van der Waals surface area (Å²) in [6, 6.07) is 9.70. The van der Waals surface area contributed by atoms with Gasteiger partial charge in [0.2, 0.25) is 11.8 Å². The molecule has 1 atom stereocenters. The molecule has 0 aliphatic carbocycles. The van der Waals surface area contributed by atoms with Crippen LogP contribution in [0.3, 0.4) is 0 Å². The van der Waals surface area contributed by atoms with Crippen LogP contribution in [-0.2, 0) is 27.4 Å². The summed E-state index contributed by atoms with van der Waals surface area (Å²) < 4.78 is 20.6. The van der Waals surface area contributed by atoms with Crippen molar-refractivity contribution in [2.75, 3.05) is 51.3 Å². The van der Waals surface area contributed by atoms with Gasteiger partial charge < -0.3 is 9.64 Å². The molecule has 0 spiro atoms. The second-order valence-corrected chi connectivity index (χ2v) is 10.9. The van der Waals surface area contributed by atoms with Crippen molar-refractivity contribution in [1.29, 1.82) is 0 Å². The van der Waals surface area contributed by atoms with Crippen molar-refractivity contribution in [3.05, 3.63) is 64.5 Å². The number of rotatable bonds is 7. The summed E-state index contributed by atoms with van der Waals surface area (Å²) in [4.78, 5) is 57.9. The van der Waals surface area contributed by atoms with Gasteiger partial charge in [-0.15, -0.1) is 0 Å². The van der Waals surface area contributed by atoms with Gasteiger partial charge in [0.1, 0.15) is 11.9 Å². The third-order valence-electron chi connectivity index (χ3n) is 8.29. The van der Waals surface area contributed by atoms with Gasteiger partial charge in [-0.2, -0.15) is 0 Å². The number of fused-ring (bicyclic) bond motifs is 1. The van der Waals surface area contributed by atoms with Gasteiger partial charge in [0, 0.05) is 64.3 Å². The number of hydrogen-bond donors (Lipinski definition) is 1. The highest BCUT2D eigenvalue weighted by Crippen LogP contribution is 2.34. The van der Waals surface area contributed by atoms with E-state index in [4.69, 9.17) is 4.74 Å². The van der Waals surface area contributed by atoms with Crippen LogP contribution in [0.5, 0.6) is 0 Å². The number of nitrogens with zero attached hydrogens (tertiary/aromatic N) is 4. The maximum atomic E-state index is 15.2. The average molecular weight is 550 g/mol. The zero-order chi connectivity index (χ0) is 28.0. The van der Waals surface area contributed by atoms with Crippen LogP contribution in [0.2, 0.25) is 0 Å². The van der Waals surface area contributed by atoms with Crippen LogP contribution in [0, 0.1) is 5.82 Å². The Labute approximate surface area is 231 Å². The van der Waals surface area contributed by atoms with Crippen LogP contribution in [0.15, 0.2) is 36.4 Å². The number of carbonyl (C=O) groups excluding carboxylic acids is 4. The number of benzene rings is 2. The molecule has 3 fully saturated rings. The van der Waals surface area contributed by atoms with Crippen LogP contribution >= 0.6 is 0 Å². The number of halogens is 1. The molecular weight excluding hydrogens is 517 g/mol. The summed E-state index contributed by atoms with van der Waals surface area (Å²) in [5.41, 5.74) is 2.23. The summed E-state index contributed by atoms with van der Waals surface area (Å²) in [6.45, 7) is 6.31. The summed E-state index contributed by atoms with van der Waals surface area (Å²) in [7, 11) is 1.74. The van der Waals surface area contributed by atoms with E-state index in [-0.39, 0.29) is 36.3 Å². The lowest BCUT2D eigenvalue weighted by Crippen LogP contribution is -2.60. The average Bonchev–Trinajstić information content (AvgIpc) is 3.17. The van der Waals surface area contributed by atoms with Crippen molar-refractivity contribution in [2.24, 2.45) is 0 Å². The highest BCUT2D eigenvalue weighted by molar-refractivity contribution is 6.25. The van der Waals surface area contributed by atoms with Gasteiger partial charge in [0.15, 0.2) is 0 Å². The molecule has 0 unspecified atom stereocenters. The molecule has 4 heterocycles. The van der Waals surface area contributed by atoms with Crippen molar-refractivity contribution < 1.29 is 28.3 Å². The lowest BCUT2D eigenvalue weighted by atomic mass is 10.0. The Balaban J connectivity index is 1.12. The van der Waals surface area contributed by atoms with E-state index in [1.165, 1.54) is 0 Å². The maximum Gasteiger partial charge on any atom is 0.264 e. The van der Waals surface area contributed by atoms with Crippen LogP contribution < -0.4 is 10.2 Å². The molecule has 0 bridgehead atoms. The van der Waals surface area contributed by atoms with Crippen molar-refractivity contribution in [1.82, 2.24) is 20.0 Å². The lowest BCUT2D eigenvalue weighted by molar-refractivity contribution is -0.136. The van der Waals surface area contributed by atoms with E-state index in [1.807, 2.05) is 6.07 Å². The molecule has 10 nitrogen and oxygen atoms in total. The zero-order valence-electron chi connectivity index (χ0n) is 22.4. The molecule has 0 saturated carbocycles. The first kappa shape index (κ1) is 26.5. The van der Waals surface area contributed by atoms with Gasteiger partial charge in [-0.3, -0.25) is 39.2 Å². The number of amides is 4. The Hall–Kier alpha value is -3.67. The predicted molar refractivity (Wildman–Crippen MR) is 143 cm³/mol. The molecule has 40 heavy (non-hydrogen) atoms. The fourth-order valence-electron chi connectivity index (χ4n) is 6.08. The third-order valence-corrected chi connectivity index (χ3v) is 8.29. The first-order chi connectivity index (χ1) is 19.3. The van der Waals surface area contributed by atoms with E-state index in [9.17, 15) is 19.2 Å². The van der Waals surface area contributed by atoms with Gasteiger partial charge in [-0.05, 0) is 30.2 Å². The van der Waals surface area contributed by atoms with Crippen molar-refractivity contribution >= 4 is 29.3 Å². The molecule has 1 N–H and O–H groups in total. The van der Waals surface area contributed by atoms with Crippen molar-refractivity contribution in [3.8, 4) is 0 Å². The van der Waals surface area contributed by atoms with E-state index < -0.39 is 29.7 Å².